The van der Waals surface area contributed by atoms with Crippen LogP contribution in [0.3, 0.4) is 0 Å². The van der Waals surface area contributed by atoms with Gasteiger partial charge in [0.1, 0.15) is 11.6 Å². The summed E-state index contributed by atoms with van der Waals surface area (Å²) in [6.07, 6.45) is 0. The van der Waals surface area contributed by atoms with Crippen molar-refractivity contribution in [2.24, 2.45) is 0 Å². The number of ether oxygens (including phenoxy) is 1. The molecule has 1 aromatic heterocycles. The van der Waals surface area contributed by atoms with Gasteiger partial charge in [-0.15, -0.1) is 10.2 Å². The fourth-order valence-corrected chi connectivity index (χ4v) is 3.29. The van der Waals surface area contributed by atoms with Crippen molar-refractivity contribution in [3.8, 4) is 11.4 Å². The zero-order chi connectivity index (χ0) is 19.2. The van der Waals surface area contributed by atoms with Gasteiger partial charge >= 0.3 is 0 Å². The number of nitrogens with zero attached hydrogens (tertiary/aromatic N) is 4. The minimum absolute atomic E-state index is 0.0671. The molecule has 1 atom stereocenters. The lowest BCUT2D eigenvalue weighted by Crippen LogP contribution is -2.20. The molecule has 0 bridgehead atoms. The summed E-state index contributed by atoms with van der Waals surface area (Å²) in [5.74, 6) is 2.13. The smallest absolute Gasteiger partial charge is 0.196 e. The minimum atomic E-state index is -0.264. The van der Waals surface area contributed by atoms with Crippen LogP contribution in [-0.2, 0) is 0 Å². The van der Waals surface area contributed by atoms with E-state index in [0.29, 0.717) is 6.61 Å². The fourth-order valence-electron chi connectivity index (χ4n) is 2.52. The van der Waals surface area contributed by atoms with Crippen LogP contribution in [0.4, 0.5) is 4.39 Å². The molecule has 7 heteroatoms. The van der Waals surface area contributed by atoms with E-state index >= 15 is 0 Å². The Morgan fingerprint density at radius 1 is 1.07 bits per heavy atom. The molecule has 0 aliphatic heterocycles. The van der Waals surface area contributed by atoms with E-state index in [-0.39, 0.29) is 11.9 Å². The van der Waals surface area contributed by atoms with Crippen LogP contribution < -0.4 is 4.74 Å². The molecule has 5 nitrogen and oxygen atoms in total. The summed E-state index contributed by atoms with van der Waals surface area (Å²) >= 11 is 1.57. The highest BCUT2D eigenvalue weighted by Gasteiger charge is 2.20. The normalized spacial score (nSPS) is 12.3. The van der Waals surface area contributed by atoms with E-state index < -0.39 is 0 Å². The standard InChI is InChI=1S/C20H23FN4OS/c1-15(24(2)3)19-22-23-20(25(19)17-11-9-16(21)10-12-17)27-14-13-26-18-7-5-4-6-8-18/h4-12,15H,13-14H2,1-3H3/t15-/m0/s1. The van der Waals surface area contributed by atoms with E-state index in [9.17, 15) is 4.39 Å². The Bertz CT molecular complexity index is 852. The van der Waals surface area contributed by atoms with Crippen molar-refractivity contribution in [1.29, 1.82) is 0 Å². The summed E-state index contributed by atoms with van der Waals surface area (Å²) in [6, 6.07) is 16.2. The molecule has 0 radical (unpaired) electrons. The lowest BCUT2D eigenvalue weighted by molar-refractivity contribution is 0.305. The Morgan fingerprint density at radius 3 is 2.44 bits per heavy atom. The highest BCUT2D eigenvalue weighted by atomic mass is 32.2. The third-order valence-electron chi connectivity index (χ3n) is 4.22. The largest absolute Gasteiger partial charge is 0.493 e. The Kier molecular flexibility index (Phi) is 6.47. The van der Waals surface area contributed by atoms with Gasteiger partial charge in [-0.2, -0.15) is 0 Å². The number of hydrogen-bond donors (Lipinski definition) is 0. The molecule has 0 saturated carbocycles. The summed E-state index contributed by atoms with van der Waals surface area (Å²) in [5.41, 5.74) is 0.844. The zero-order valence-corrected chi connectivity index (χ0v) is 16.5. The molecule has 0 spiro atoms. The number of hydrogen-bond acceptors (Lipinski definition) is 5. The van der Waals surface area contributed by atoms with Crippen LogP contribution in [0.1, 0.15) is 18.8 Å². The highest BCUT2D eigenvalue weighted by molar-refractivity contribution is 7.99. The first kappa shape index (κ1) is 19.4. The van der Waals surface area contributed by atoms with Crippen molar-refractivity contribution in [2.45, 2.75) is 18.1 Å². The molecular weight excluding hydrogens is 363 g/mol. The molecule has 0 aliphatic rings. The summed E-state index contributed by atoms with van der Waals surface area (Å²) in [5, 5.41) is 9.52. The summed E-state index contributed by atoms with van der Waals surface area (Å²) < 4.78 is 21.1. The number of rotatable bonds is 8. The first-order valence-electron chi connectivity index (χ1n) is 8.74. The lowest BCUT2D eigenvalue weighted by atomic mass is 10.2. The molecule has 3 aromatic rings. The van der Waals surface area contributed by atoms with Crippen LogP contribution in [0, 0.1) is 5.82 Å². The molecular formula is C20H23FN4OS. The van der Waals surface area contributed by atoms with Crippen LogP contribution in [0.2, 0.25) is 0 Å². The Balaban J connectivity index is 1.76. The summed E-state index contributed by atoms with van der Waals surface area (Å²) in [7, 11) is 3.99. The second-order valence-corrected chi connectivity index (χ2v) is 7.36. The van der Waals surface area contributed by atoms with E-state index in [1.807, 2.05) is 49.0 Å². The lowest BCUT2D eigenvalue weighted by Gasteiger charge is -2.20. The van der Waals surface area contributed by atoms with Gasteiger partial charge < -0.3 is 4.74 Å². The number of para-hydroxylation sites is 1. The van der Waals surface area contributed by atoms with Gasteiger partial charge in [0, 0.05) is 11.4 Å². The number of thioether (sulfide) groups is 1. The molecule has 0 amide bonds. The van der Waals surface area contributed by atoms with Crippen molar-refractivity contribution < 1.29 is 9.13 Å². The minimum Gasteiger partial charge on any atom is -0.493 e. The van der Waals surface area contributed by atoms with Gasteiger partial charge in [0.05, 0.1) is 12.6 Å². The molecule has 0 unspecified atom stereocenters. The van der Waals surface area contributed by atoms with Crippen molar-refractivity contribution in [2.75, 3.05) is 26.5 Å². The number of aromatic nitrogens is 3. The monoisotopic (exact) mass is 386 g/mol. The van der Waals surface area contributed by atoms with Gasteiger partial charge in [0.25, 0.3) is 0 Å². The second-order valence-electron chi connectivity index (χ2n) is 6.30. The molecule has 0 saturated heterocycles. The summed E-state index contributed by atoms with van der Waals surface area (Å²) in [4.78, 5) is 2.07. The van der Waals surface area contributed by atoms with Crippen LogP contribution in [0.15, 0.2) is 59.8 Å². The Hall–Kier alpha value is -2.38. The average molecular weight is 386 g/mol. The van der Waals surface area contributed by atoms with E-state index in [1.165, 1.54) is 12.1 Å². The van der Waals surface area contributed by atoms with Gasteiger partial charge in [-0.25, -0.2) is 4.39 Å². The second kappa shape index (κ2) is 9.01. The summed E-state index contributed by atoms with van der Waals surface area (Å²) in [6.45, 7) is 2.63. The van der Waals surface area contributed by atoms with Crippen LogP contribution >= 0.6 is 11.8 Å². The van der Waals surface area contributed by atoms with Crippen molar-refractivity contribution in [3.05, 3.63) is 66.2 Å². The Labute approximate surface area is 163 Å². The van der Waals surface area contributed by atoms with Crippen molar-refractivity contribution in [1.82, 2.24) is 19.7 Å². The SMILES string of the molecule is C[C@@H](c1nnc(SCCOc2ccccc2)n1-c1ccc(F)cc1)N(C)C. The number of halogens is 1. The molecule has 27 heavy (non-hydrogen) atoms. The topological polar surface area (TPSA) is 43.2 Å². The van der Waals surface area contributed by atoms with E-state index in [2.05, 4.69) is 22.0 Å². The maximum absolute atomic E-state index is 13.4. The third kappa shape index (κ3) is 4.87. The van der Waals surface area contributed by atoms with Gasteiger partial charge in [-0.1, -0.05) is 30.0 Å². The van der Waals surface area contributed by atoms with Crippen molar-refractivity contribution in [3.63, 3.8) is 0 Å². The fraction of sp³-hybridized carbons (Fsp3) is 0.300. The molecule has 0 fully saturated rings. The van der Waals surface area contributed by atoms with Crippen molar-refractivity contribution >= 4 is 11.8 Å². The first-order valence-corrected chi connectivity index (χ1v) is 9.73. The van der Waals surface area contributed by atoms with Gasteiger partial charge in [0.15, 0.2) is 11.0 Å². The van der Waals surface area contributed by atoms with Crippen LogP contribution in [-0.4, -0.2) is 46.1 Å². The molecule has 0 N–H and O–H groups in total. The first-order chi connectivity index (χ1) is 13.1. The van der Waals surface area contributed by atoms with Crippen LogP contribution in [0.25, 0.3) is 5.69 Å². The predicted octanol–water partition coefficient (Wildman–Crippen LogP) is 4.20. The van der Waals surface area contributed by atoms with E-state index in [1.54, 1.807) is 23.9 Å². The molecule has 3 rings (SSSR count). The highest BCUT2D eigenvalue weighted by Crippen LogP contribution is 2.27. The average Bonchev–Trinajstić information content (AvgIpc) is 3.09. The van der Waals surface area contributed by atoms with Crippen LogP contribution in [0.5, 0.6) is 5.75 Å². The Morgan fingerprint density at radius 2 is 1.78 bits per heavy atom. The molecule has 2 aromatic carbocycles. The molecule has 142 valence electrons. The van der Waals surface area contributed by atoms with Gasteiger partial charge in [-0.3, -0.25) is 9.47 Å². The third-order valence-corrected chi connectivity index (χ3v) is 5.11. The van der Waals surface area contributed by atoms with Gasteiger partial charge in [-0.05, 0) is 57.4 Å². The van der Waals surface area contributed by atoms with Gasteiger partial charge in [0.2, 0.25) is 0 Å². The number of benzene rings is 2. The zero-order valence-electron chi connectivity index (χ0n) is 15.7. The maximum Gasteiger partial charge on any atom is 0.196 e. The quantitative estimate of drug-likeness (QED) is 0.429. The predicted molar refractivity (Wildman–Crippen MR) is 106 cm³/mol. The molecule has 1 heterocycles. The van der Waals surface area contributed by atoms with E-state index in [0.717, 1.165) is 28.2 Å². The maximum atomic E-state index is 13.4. The molecule has 0 aliphatic carbocycles. The van der Waals surface area contributed by atoms with E-state index in [4.69, 9.17) is 4.74 Å².